The maximum Gasteiger partial charge on any atom is 0.119 e. The number of rotatable bonds is 5. The van der Waals surface area contributed by atoms with Crippen LogP contribution >= 0.6 is 0 Å². The molecule has 1 unspecified atom stereocenters. The summed E-state index contributed by atoms with van der Waals surface area (Å²) in [5.41, 5.74) is 3.33. The summed E-state index contributed by atoms with van der Waals surface area (Å²) in [6.45, 7) is 2.81. The molecule has 3 aromatic carbocycles. The standard InChI is InChI=1S/C23H22N2O/c1-18-16-23(24-20-10-6-3-7-11-20)25(18)21-12-14-22(15-13-21)26-17-19-8-4-2-5-9-19/h2-15,18H,16-17H2,1H3. The molecule has 1 heterocycles. The van der Waals surface area contributed by atoms with Gasteiger partial charge in [0.2, 0.25) is 0 Å². The topological polar surface area (TPSA) is 24.8 Å². The van der Waals surface area contributed by atoms with Crippen LogP contribution in [-0.2, 0) is 6.61 Å². The average molecular weight is 342 g/mol. The number of anilines is 1. The number of nitrogens with zero attached hydrogens (tertiary/aromatic N) is 2. The van der Waals surface area contributed by atoms with Crippen molar-refractivity contribution < 1.29 is 4.74 Å². The van der Waals surface area contributed by atoms with Gasteiger partial charge in [-0.1, -0.05) is 48.5 Å². The van der Waals surface area contributed by atoms with Gasteiger partial charge in [0.25, 0.3) is 0 Å². The van der Waals surface area contributed by atoms with Crippen molar-refractivity contribution in [1.82, 2.24) is 0 Å². The third kappa shape index (κ3) is 3.62. The molecule has 0 aliphatic carbocycles. The smallest absolute Gasteiger partial charge is 0.119 e. The second-order valence-corrected chi connectivity index (χ2v) is 6.55. The van der Waals surface area contributed by atoms with E-state index in [-0.39, 0.29) is 0 Å². The van der Waals surface area contributed by atoms with E-state index >= 15 is 0 Å². The lowest BCUT2D eigenvalue weighted by Crippen LogP contribution is -2.51. The van der Waals surface area contributed by atoms with Gasteiger partial charge >= 0.3 is 0 Å². The molecule has 0 spiro atoms. The molecule has 0 radical (unpaired) electrons. The van der Waals surface area contributed by atoms with E-state index in [4.69, 9.17) is 9.73 Å². The molecule has 1 aliphatic rings. The molecule has 4 rings (SSSR count). The van der Waals surface area contributed by atoms with Gasteiger partial charge in [0.1, 0.15) is 18.2 Å². The monoisotopic (exact) mass is 342 g/mol. The largest absolute Gasteiger partial charge is 0.489 e. The quantitative estimate of drug-likeness (QED) is 0.603. The van der Waals surface area contributed by atoms with Crippen LogP contribution in [0.4, 0.5) is 11.4 Å². The van der Waals surface area contributed by atoms with Crippen LogP contribution in [0.1, 0.15) is 18.9 Å². The highest BCUT2D eigenvalue weighted by Gasteiger charge is 2.31. The van der Waals surface area contributed by atoms with E-state index in [1.807, 2.05) is 60.7 Å². The van der Waals surface area contributed by atoms with Gasteiger partial charge in [-0.3, -0.25) is 0 Å². The van der Waals surface area contributed by atoms with Gasteiger partial charge < -0.3 is 9.64 Å². The summed E-state index contributed by atoms with van der Waals surface area (Å²) in [4.78, 5) is 7.07. The molecule has 3 aromatic rings. The van der Waals surface area contributed by atoms with Gasteiger partial charge in [-0.15, -0.1) is 0 Å². The van der Waals surface area contributed by atoms with Gasteiger partial charge in [-0.25, -0.2) is 4.99 Å². The van der Waals surface area contributed by atoms with Crippen LogP contribution in [0.2, 0.25) is 0 Å². The predicted octanol–water partition coefficient (Wildman–Crippen LogP) is 5.59. The van der Waals surface area contributed by atoms with Gasteiger partial charge in [0, 0.05) is 18.2 Å². The van der Waals surface area contributed by atoms with Crippen molar-refractivity contribution in [3.63, 3.8) is 0 Å². The van der Waals surface area contributed by atoms with E-state index in [1.165, 1.54) is 5.56 Å². The minimum absolute atomic E-state index is 0.466. The molecule has 3 heteroatoms. The Bertz CT molecular complexity index is 873. The lowest BCUT2D eigenvalue weighted by molar-refractivity contribution is 0.306. The molecule has 26 heavy (non-hydrogen) atoms. The first-order valence-corrected chi connectivity index (χ1v) is 8.98. The lowest BCUT2D eigenvalue weighted by atomic mass is 10.0. The molecule has 1 fully saturated rings. The third-order valence-corrected chi connectivity index (χ3v) is 4.57. The number of hydrogen-bond donors (Lipinski definition) is 0. The van der Waals surface area contributed by atoms with Crippen molar-refractivity contribution >= 4 is 17.2 Å². The molecule has 0 amide bonds. The maximum absolute atomic E-state index is 5.88. The van der Waals surface area contributed by atoms with Crippen molar-refractivity contribution in [2.45, 2.75) is 26.0 Å². The zero-order chi connectivity index (χ0) is 17.8. The van der Waals surface area contributed by atoms with Crippen LogP contribution in [-0.4, -0.2) is 11.9 Å². The van der Waals surface area contributed by atoms with E-state index < -0.39 is 0 Å². The summed E-state index contributed by atoms with van der Waals surface area (Å²) in [6.07, 6.45) is 1.00. The Hall–Kier alpha value is -3.07. The molecule has 0 saturated carbocycles. The number of ether oxygens (including phenoxy) is 1. The molecular formula is C23H22N2O. The summed E-state index contributed by atoms with van der Waals surface area (Å²) >= 11 is 0. The highest BCUT2D eigenvalue weighted by atomic mass is 16.5. The zero-order valence-corrected chi connectivity index (χ0v) is 14.9. The van der Waals surface area contributed by atoms with Crippen LogP contribution in [0, 0.1) is 0 Å². The van der Waals surface area contributed by atoms with Crippen LogP contribution in [0.15, 0.2) is 89.9 Å². The molecule has 0 bridgehead atoms. The Balaban J connectivity index is 1.45. The first-order valence-electron chi connectivity index (χ1n) is 8.98. The minimum atomic E-state index is 0.466. The average Bonchev–Trinajstić information content (AvgIpc) is 2.68. The molecule has 0 aromatic heterocycles. The van der Waals surface area contributed by atoms with Crippen LogP contribution in [0.25, 0.3) is 0 Å². The zero-order valence-electron chi connectivity index (χ0n) is 14.9. The van der Waals surface area contributed by atoms with Crippen LogP contribution < -0.4 is 9.64 Å². The van der Waals surface area contributed by atoms with Crippen molar-refractivity contribution in [2.75, 3.05) is 4.90 Å². The number of hydrogen-bond acceptors (Lipinski definition) is 2. The Morgan fingerprint density at radius 2 is 1.54 bits per heavy atom. The minimum Gasteiger partial charge on any atom is -0.489 e. The predicted molar refractivity (Wildman–Crippen MR) is 107 cm³/mol. The molecule has 1 saturated heterocycles. The summed E-state index contributed by atoms with van der Waals surface area (Å²) in [7, 11) is 0. The number of amidine groups is 1. The van der Waals surface area contributed by atoms with Gasteiger partial charge in [0.15, 0.2) is 0 Å². The Morgan fingerprint density at radius 3 is 2.19 bits per heavy atom. The van der Waals surface area contributed by atoms with E-state index in [1.54, 1.807) is 0 Å². The Kier molecular flexibility index (Phi) is 4.69. The Labute approximate surface area is 154 Å². The van der Waals surface area contributed by atoms with Gasteiger partial charge in [-0.05, 0) is 48.9 Å². The van der Waals surface area contributed by atoms with Crippen molar-refractivity contribution in [1.29, 1.82) is 0 Å². The maximum atomic E-state index is 5.88. The first-order chi connectivity index (χ1) is 12.8. The molecule has 1 aliphatic heterocycles. The highest BCUT2D eigenvalue weighted by Crippen LogP contribution is 2.31. The van der Waals surface area contributed by atoms with E-state index in [0.717, 1.165) is 29.4 Å². The fraction of sp³-hybridized carbons (Fsp3) is 0.174. The summed E-state index contributed by atoms with van der Waals surface area (Å²) in [5.74, 6) is 1.99. The second-order valence-electron chi connectivity index (χ2n) is 6.55. The molecule has 3 nitrogen and oxygen atoms in total. The lowest BCUT2D eigenvalue weighted by Gasteiger charge is -2.42. The number of benzene rings is 3. The normalized spacial score (nSPS) is 17.8. The summed E-state index contributed by atoms with van der Waals surface area (Å²) in [5, 5.41) is 0. The first kappa shape index (κ1) is 16.4. The van der Waals surface area contributed by atoms with E-state index in [2.05, 4.69) is 36.1 Å². The van der Waals surface area contributed by atoms with Crippen LogP contribution in [0.5, 0.6) is 5.75 Å². The van der Waals surface area contributed by atoms with Crippen molar-refractivity contribution in [2.24, 2.45) is 4.99 Å². The number of para-hydroxylation sites is 1. The van der Waals surface area contributed by atoms with E-state index in [9.17, 15) is 0 Å². The van der Waals surface area contributed by atoms with Crippen LogP contribution in [0.3, 0.4) is 0 Å². The fourth-order valence-corrected chi connectivity index (χ4v) is 3.19. The number of aliphatic imine (C=N–C) groups is 1. The van der Waals surface area contributed by atoms with Crippen molar-refractivity contribution in [3.05, 3.63) is 90.5 Å². The summed E-state index contributed by atoms with van der Waals surface area (Å²) < 4.78 is 5.88. The molecule has 0 N–H and O–H groups in total. The van der Waals surface area contributed by atoms with E-state index in [0.29, 0.717) is 12.6 Å². The summed E-state index contributed by atoms with van der Waals surface area (Å²) in [6, 6.07) is 29.1. The van der Waals surface area contributed by atoms with Gasteiger partial charge in [-0.2, -0.15) is 0 Å². The molecule has 130 valence electrons. The molecule has 1 atom stereocenters. The second kappa shape index (κ2) is 7.44. The van der Waals surface area contributed by atoms with Gasteiger partial charge in [0.05, 0.1) is 5.69 Å². The third-order valence-electron chi connectivity index (χ3n) is 4.57. The molecular weight excluding hydrogens is 320 g/mol. The SMILES string of the molecule is CC1CC(=Nc2ccccc2)N1c1ccc(OCc2ccccc2)cc1. The van der Waals surface area contributed by atoms with Crippen molar-refractivity contribution in [3.8, 4) is 5.75 Å². The highest BCUT2D eigenvalue weighted by molar-refractivity contribution is 6.05. The fourth-order valence-electron chi connectivity index (χ4n) is 3.19. The Morgan fingerprint density at radius 1 is 0.885 bits per heavy atom.